The smallest absolute Gasteiger partial charge is 0.374 e. The summed E-state index contributed by atoms with van der Waals surface area (Å²) in [5.41, 5.74) is 0. The molecule has 0 spiro atoms. The second-order valence-corrected chi connectivity index (χ2v) is 8.03. The van der Waals surface area contributed by atoms with Crippen molar-refractivity contribution in [2.75, 3.05) is 7.11 Å². The zero-order chi connectivity index (χ0) is 23.9. The van der Waals surface area contributed by atoms with Crippen LogP contribution in [0, 0.1) is 23.7 Å². The Morgan fingerprint density at radius 2 is 1.66 bits per heavy atom. The fourth-order valence-corrected chi connectivity index (χ4v) is 4.16. The van der Waals surface area contributed by atoms with Crippen LogP contribution in [-0.2, 0) is 33.4 Å². The Hall–Kier alpha value is -2.62. The number of ether oxygens (including phenoxy) is 3. The number of hydrogen-bond donors (Lipinski definition) is 0. The lowest BCUT2D eigenvalue weighted by atomic mass is 9.87. The van der Waals surface area contributed by atoms with E-state index in [0.29, 0.717) is 12.8 Å². The Kier molecular flexibility index (Phi) is 13.0. The van der Waals surface area contributed by atoms with E-state index in [0.717, 1.165) is 38.5 Å². The molecule has 0 radical (unpaired) electrons. The van der Waals surface area contributed by atoms with E-state index in [1.807, 2.05) is 6.92 Å². The molecule has 1 aliphatic rings. The second kappa shape index (κ2) is 15.2. The van der Waals surface area contributed by atoms with Crippen molar-refractivity contribution in [2.45, 2.75) is 90.8 Å². The van der Waals surface area contributed by atoms with Crippen molar-refractivity contribution in [1.29, 1.82) is 0 Å². The molecule has 4 atom stereocenters. The predicted molar refractivity (Wildman–Crippen MR) is 119 cm³/mol. The van der Waals surface area contributed by atoms with E-state index in [1.165, 1.54) is 21.0 Å². The minimum atomic E-state index is -0.810. The SMILES string of the molecule is CC#CCCCC=C[C@@H]1[C@@H](CCCCCC(=O)C(=O)OC)[C@@H](OC(C)=O)C[C@H]1OC(C)=O. The minimum absolute atomic E-state index is 0.0197. The van der Waals surface area contributed by atoms with Crippen LogP contribution in [-0.4, -0.2) is 43.0 Å². The molecule has 1 aliphatic carbocycles. The molecular formula is C25H36O7. The average molecular weight is 449 g/mol. The van der Waals surface area contributed by atoms with Gasteiger partial charge in [0.25, 0.3) is 0 Å². The van der Waals surface area contributed by atoms with E-state index < -0.39 is 11.8 Å². The van der Waals surface area contributed by atoms with E-state index >= 15 is 0 Å². The van der Waals surface area contributed by atoms with Crippen LogP contribution in [0.3, 0.4) is 0 Å². The summed E-state index contributed by atoms with van der Waals surface area (Å²) in [6, 6.07) is 0. The third kappa shape index (κ3) is 10.1. The summed E-state index contributed by atoms with van der Waals surface area (Å²) >= 11 is 0. The molecule has 1 saturated carbocycles. The zero-order valence-corrected chi connectivity index (χ0v) is 19.7. The highest BCUT2D eigenvalue weighted by Crippen LogP contribution is 2.41. The Labute approximate surface area is 191 Å². The number of methoxy groups -OCH3 is 1. The average Bonchev–Trinajstić information content (AvgIpc) is 3.03. The van der Waals surface area contributed by atoms with Gasteiger partial charge < -0.3 is 14.2 Å². The van der Waals surface area contributed by atoms with E-state index in [9.17, 15) is 19.2 Å². The maximum absolute atomic E-state index is 11.6. The molecule has 0 N–H and O–H groups in total. The fraction of sp³-hybridized carbons (Fsp3) is 0.680. The summed E-state index contributed by atoms with van der Waals surface area (Å²) in [5, 5.41) is 0. The van der Waals surface area contributed by atoms with Crippen LogP contribution in [0.15, 0.2) is 12.2 Å². The molecule has 0 unspecified atom stereocenters. The van der Waals surface area contributed by atoms with Crippen LogP contribution in [0.2, 0.25) is 0 Å². The van der Waals surface area contributed by atoms with Crippen molar-refractivity contribution in [3.8, 4) is 11.8 Å². The number of allylic oxidation sites excluding steroid dienone is 1. The first-order valence-electron chi connectivity index (χ1n) is 11.3. The van der Waals surface area contributed by atoms with Gasteiger partial charge in [-0.2, -0.15) is 0 Å². The van der Waals surface area contributed by atoms with Crippen molar-refractivity contribution < 1.29 is 33.4 Å². The van der Waals surface area contributed by atoms with E-state index in [-0.39, 0.29) is 42.4 Å². The lowest BCUT2D eigenvalue weighted by Crippen LogP contribution is -2.25. The van der Waals surface area contributed by atoms with E-state index in [4.69, 9.17) is 9.47 Å². The summed E-state index contributed by atoms with van der Waals surface area (Å²) in [6.07, 6.45) is 9.73. The number of hydrogen-bond acceptors (Lipinski definition) is 7. The molecule has 1 rings (SSSR count). The topological polar surface area (TPSA) is 96.0 Å². The number of Topliss-reactive ketones (excluding diaryl/α,β-unsaturated/α-hetero) is 1. The second-order valence-electron chi connectivity index (χ2n) is 8.03. The van der Waals surface area contributed by atoms with Gasteiger partial charge in [0, 0.05) is 44.9 Å². The molecule has 0 aromatic rings. The van der Waals surface area contributed by atoms with Crippen LogP contribution < -0.4 is 0 Å². The number of esters is 3. The zero-order valence-electron chi connectivity index (χ0n) is 19.7. The van der Waals surface area contributed by atoms with Gasteiger partial charge in [0.2, 0.25) is 5.78 Å². The third-order valence-corrected chi connectivity index (χ3v) is 5.56. The molecule has 0 aromatic heterocycles. The van der Waals surface area contributed by atoms with Gasteiger partial charge in [0.05, 0.1) is 7.11 Å². The molecule has 7 heteroatoms. The predicted octanol–water partition coefficient (Wildman–Crippen LogP) is 3.93. The molecule has 32 heavy (non-hydrogen) atoms. The normalized spacial score (nSPS) is 22.1. The molecule has 0 amide bonds. The lowest BCUT2D eigenvalue weighted by molar-refractivity contribution is -0.151. The summed E-state index contributed by atoms with van der Waals surface area (Å²) in [7, 11) is 1.19. The molecule has 1 fully saturated rings. The highest BCUT2D eigenvalue weighted by atomic mass is 16.6. The largest absolute Gasteiger partial charge is 0.463 e. The first-order valence-corrected chi connectivity index (χ1v) is 11.3. The van der Waals surface area contributed by atoms with Crippen LogP contribution in [0.1, 0.15) is 78.6 Å². The van der Waals surface area contributed by atoms with Crippen LogP contribution in [0.4, 0.5) is 0 Å². The van der Waals surface area contributed by atoms with E-state index in [1.54, 1.807) is 0 Å². The quantitative estimate of drug-likeness (QED) is 0.105. The van der Waals surface area contributed by atoms with Crippen molar-refractivity contribution >= 4 is 23.7 Å². The number of rotatable bonds is 13. The first-order chi connectivity index (χ1) is 15.3. The summed E-state index contributed by atoms with van der Waals surface area (Å²) in [4.78, 5) is 46.1. The Morgan fingerprint density at radius 1 is 0.969 bits per heavy atom. The molecule has 0 aliphatic heterocycles. The lowest BCUT2D eigenvalue weighted by Gasteiger charge is -2.24. The summed E-state index contributed by atoms with van der Waals surface area (Å²) in [5.74, 6) is 3.87. The summed E-state index contributed by atoms with van der Waals surface area (Å²) in [6.45, 7) is 4.59. The molecule has 7 nitrogen and oxygen atoms in total. The van der Waals surface area contributed by atoms with Gasteiger partial charge in [-0.05, 0) is 32.6 Å². The van der Waals surface area contributed by atoms with Crippen molar-refractivity contribution in [3.63, 3.8) is 0 Å². The molecule has 178 valence electrons. The van der Waals surface area contributed by atoms with Crippen LogP contribution in [0.25, 0.3) is 0 Å². The Bertz CT molecular complexity index is 728. The highest BCUT2D eigenvalue weighted by Gasteiger charge is 2.45. The molecule has 0 aromatic carbocycles. The van der Waals surface area contributed by atoms with Crippen LogP contribution in [0.5, 0.6) is 0 Å². The van der Waals surface area contributed by atoms with Gasteiger partial charge in [-0.25, -0.2) is 4.79 Å². The number of carbonyl (C=O) groups excluding carboxylic acids is 4. The Balaban J connectivity index is 2.76. The van der Waals surface area contributed by atoms with Gasteiger partial charge >= 0.3 is 17.9 Å². The fourth-order valence-electron chi connectivity index (χ4n) is 4.16. The summed E-state index contributed by atoms with van der Waals surface area (Å²) < 4.78 is 15.6. The maximum Gasteiger partial charge on any atom is 0.374 e. The third-order valence-electron chi connectivity index (χ3n) is 5.56. The number of carbonyl (C=O) groups is 4. The van der Waals surface area contributed by atoms with Gasteiger partial charge in [-0.3, -0.25) is 14.4 Å². The molecule has 0 saturated heterocycles. The van der Waals surface area contributed by atoms with Crippen molar-refractivity contribution in [3.05, 3.63) is 12.2 Å². The van der Waals surface area contributed by atoms with Gasteiger partial charge in [0.15, 0.2) is 0 Å². The minimum Gasteiger partial charge on any atom is -0.463 e. The van der Waals surface area contributed by atoms with Crippen LogP contribution >= 0.6 is 0 Å². The molecule has 0 heterocycles. The highest BCUT2D eigenvalue weighted by molar-refractivity contribution is 6.33. The van der Waals surface area contributed by atoms with Crippen molar-refractivity contribution in [2.24, 2.45) is 11.8 Å². The van der Waals surface area contributed by atoms with Gasteiger partial charge in [0.1, 0.15) is 12.2 Å². The number of unbranched alkanes of at least 4 members (excludes halogenated alkanes) is 4. The monoisotopic (exact) mass is 448 g/mol. The molecule has 0 bridgehead atoms. The van der Waals surface area contributed by atoms with E-state index in [2.05, 4.69) is 28.7 Å². The first kappa shape index (κ1) is 27.4. The van der Waals surface area contributed by atoms with Gasteiger partial charge in [-0.1, -0.05) is 25.0 Å². The standard InChI is InChI=1S/C25H36O7/c1-5-6-7-8-9-11-14-20-21(15-12-10-13-16-22(28)25(29)30-4)24(32-19(3)27)17-23(20)31-18(2)26/h11,14,20-21,23-24H,7-10,12-13,15-17H2,1-4H3/t20-,21-,23-,24+/m1/s1. The Morgan fingerprint density at radius 3 is 2.28 bits per heavy atom. The number of ketones is 1. The maximum atomic E-state index is 11.6. The molecular weight excluding hydrogens is 412 g/mol. The van der Waals surface area contributed by atoms with Crippen molar-refractivity contribution in [1.82, 2.24) is 0 Å². The van der Waals surface area contributed by atoms with Gasteiger partial charge in [-0.15, -0.1) is 11.8 Å².